The molecule has 0 aromatic carbocycles. The van der Waals surface area contributed by atoms with Crippen LogP contribution in [0.2, 0.25) is 0 Å². The normalized spacial score (nSPS) is 45.8. The van der Waals surface area contributed by atoms with Crippen molar-refractivity contribution in [2.45, 2.75) is 132 Å². The molecule has 7 unspecified atom stereocenters. The van der Waals surface area contributed by atoms with Gasteiger partial charge in [-0.2, -0.15) is 0 Å². The molecular weight excluding hydrogens is 496 g/mol. The number of esters is 2. The Morgan fingerprint density at radius 2 is 1.52 bits per heavy atom. The molecule has 0 amide bonds. The molecule has 0 aromatic heterocycles. The molecule has 0 heterocycles. The molecule has 4 heteroatoms. The third kappa shape index (κ3) is 4.26. The number of ether oxygens (including phenoxy) is 2. The third-order valence-corrected chi connectivity index (χ3v) is 14.5. The summed E-state index contributed by atoms with van der Waals surface area (Å²) in [5.74, 6) is 3.94. The molecule has 5 saturated carbocycles. The van der Waals surface area contributed by atoms with Crippen molar-refractivity contribution in [2.75, 3.05) is 7.11 Å². The first-order chi connectivity index (χ1) is 18.5. The van der Waals surface area contributed by atoms with E-state index >= 15 is 0 Å². The lowest BCUT2D eigenvalue weighted by Crippen LogP contribution is -2.66. The lowest BCUT2D eigenvalue weighted by atomic mass is 9.33. The van der Waals surface area contributed by atoms with Crippen molar-refractivity contribution >= 4 is 11.9 Å². The maximum Gasteiger partial charge on any atom is 0.311 e. The molecule has 0 bridgehead atoms. The van der Waals surface area contributed by atoms with Crippen molar-refractivity contribution in [3.8, 4) is 0 Å². The molecule has 0 spiro atoms. The summed E-state index contributed by atoms with van der Waals surface area (Å²) in [6, 6.07) is 0. The Morgan fingerprint density at radius 3 is 2.17 bits per heavy atom. The highest BCUT2D eigenvalue weighted by Crippen LogP contribution is 2.76. The van der Waals surface area contributed by atoms with Gasteiger partial charge in [0.1, 0.15) is 6.10 Å². The summed E-state index contributed by atoms with van der Waals surface area (Å²) in [4.78, 5) is 25.3. The van der Waals surface area contributed by atoms with Gasteiger partial charge in [-0.05, 0) is 137 Å². The summed E-state index contributed by atoms with van der Waals surface area (Å²) in [5.41, 5.74) is 1.49. The standard InChI is InChI=1S/C36H58O4/c1-22(2)24-12-11-23-15-19-35(8)25(30(23)24)13-14-27-34(7)18-17-28(33(5,6)26(34)16-20-36(27,35)9)40-29(37)21-32(3,4)31(38)39-10/h23-28,30H,1,11-21H2,2-10H3/t23?,24-,25?,26?,27?,28-,30?,34?,35+,36?/m0/s1. The molecule has 4 nitrogen and oxygen atoms in total. The summed E-state index contributed by atoms with van der Waals surface area (Å²) in [6.07, 6.45) is 12.8. The second-order valence-corrected chi connectivity index (χ2v) is 17.0. The van der Waals surface area contributed by atoms with E-state index in [1.54, 1.807) is 13.8 Å². The Morgan fingerprint density at radius 1 is 0.850 bits per heavy atom. The molecule has 10 atom stereocenters. The zero-order valence-corrected chi connectivity index (χ0v) is 27.2. The van der Waals surface area contributed by atoms with E-state index in [0.29, 0.717) is 16.7 Å². The number of carbonyl (C=O) groups excluding carboxylic acids is 2. The monoisotopic (exact) mass is 554 g/mol. The molecule has 0 saturated heterocycles. The third-order valence-electron chi connectivity index (χ3n) is 14.5. The van der Waals surface area contributed by atoms with Crippen LogP contribution in [0.4, 0.5) is 0 Å². The van der Waals surface area contributed by atoms with Gasteiger partial charge in [0.05, 0.1) is 18.9 Å². The van der Waals surface area contributed by atoms with Gasteiger partial charge in [0.15, 0.2) is 0 Å². The highest BCUT2D eigenvalue weighted by molar-refractivity contribution is 5.82. The van der Waals surface area contributed by atoms with Gasteiger partial charge < -0.3 is 9.47 Å². The zero-order valence-electron chi connectivity index (χ0n) is 27.2. The molecule has 5 rings (SSSR count). The van der Waals surface area contributed by atoms with Gasteiger partial charge in [-0.25, -0.2) is 0 Å². The van der Waals surface area contributed by atoms with Crippen molar-refractivity contribution < 1.29 is 19.1 Å². The largest absolute Gasteiger partial charge is 0.469 e. The quantitative estimate of drug-likeness (QED) is 0.252. The summed E-state index contributed by atoms with van der Waals surface area (Å²) in [6.45, 7) is 23.0. The van der Waals surface area contributed by atoms with E-state index in [1.165, 1.54) is 64.0 Å². The fraction of sp³-hybridized carbons (Fsp3) is 0.889. The topological polar surface area (TPSA) is 52.6 Å². The van der Waals surface area contributed by atoms with E-state index in [4.69, 9.17) is 9.47 Å². The first-order valence-electron chi connectivity index (χ1n) is 16.5. The van der Waals surface area contributed by atoms with Crippen molar-refractivity contribution in [1.82, 2.24) is 0 Å². The highest BCUT2D eigenvalue weighted by Gasteiger charge is 2.69. The fourth-order valence-electron chi connectivity index (χ4n) is 12.3. The van der Waals surface area contributed by atoms with Crippen LogP contribution in [0.5, 0.6) is 0 Å². The molecule has 40 heavy (non-hydrogen) atoms. The van der Waals surface area contributed by atoms with Crippen molar-refractivity contribution in [1.29, 1.82) is 0 Å². The lowest BCUT2D eigenvalue weighted by molar-refractivity contribution is -0.244. The average Bonchev–Trinajstić information content (AvgIpc) is 3.30. The Balaban J connectivity index is 1.37. The molecule has 5 aliphatic carbocycles. The number of rotatable bonds is 5. The Bertz CT molecular complexity index is 1040. The molecule has 0 aliphatic heterocycles. The minimum absolute atomic E-state index is 0.0575. The van der Waals surface area contributed by atoms with E-state index in [9.17, 15) is 9.59 Å². The summed E-state index contributed by atoms with van der Waals surface area (Å²) in [7, 11) is 1.38. The second kappa shape index (κ2) is 9.87. The second-order valence-electron chi connectivity index (χ2n) is 17.0. The number of hydrogen-bond donors (Lipinski definition) is 0. The number of methoxy groups -OCH3 is 1. The SMILES string of the molecule is C=C(C)[C@@H]1CCC2CC[C@]3(C)C(CCC4C5(C)CC[C@H](OC(=O)CC(C)(C)C(=O)OC)C(C)(C)C5CCC43C)C21. The molecular formula is C36H58O4. The number of allylic oxidation sites excluding steroid dienone is 1. The van der Waals surface area contributed by atoms with E-state index < -0.39 is 5.41 Å². The minimum atomic E-state index is -0.874. The highest BCUT2D eigenvalue weighted by atomic mass is 16.5. The van der Waals surface area contributed by atoms with E-state index in [0.717, 1.165) is 42.4 Å². The van der Waals surface area contributed by atoms with Crippen molar-refractivity contribution in [2.24, 2.45) is 62.6 Å². The van der Waals surface area contributed by atoms with Crippen LogP contribution >= 0.6 is 0 Å². The Hall–Kier alpha value is -1.32. The summed E-state index contributed by atoms with van der Waals surface area (Å²) >= 11 is 0. The van der Waals surface area contributed by atoms with Gasteiger partial charge in [-0.1, -0.05) is 46.8 Å². The van der Waals surface area contributed by atoms with Gasteiger partial charge in [-0.15, -0.1) is 0 Å². The van der Waals surface area contributed by atoms with E-state index in [1.807, 2.05) is 0 Å². The minimum Gasteiger partial charge on any atom is -0.469 e. The zero-order chi connectivity index (χ0) is 29.5. The summed E-state index contributed by atoms with van der Waals surface area (Å²) < 4.78 is 11.2. The maximum absolute atomic E-state index is 13.1. The summed E-state index contributed by atoms with van der Waals surface area (Å²) in [5, 5.41) is 0. The number of fused-ring (bicyclic) bond motifs is 7. The van der Waals surface area contributed by atoms with Crippen molar-refractivity contribution in [3.05, 3.63) is 12.2 Å². The van der Waals surface area contributed by atoms with Gasteiger partial charge in [0.2, 0.25) is 0 Å². The first kappa shape index (κ1) is 30.1. The van der Waals surface area contributed by atoms with Crippen LogP contribution < -0.4 is 0 Å². The van der Waals surface area contributed by atoms with Gasteiger partial charge in [0, 0.05) is 5.41 Å². The van der Waals surface area contributed by atoms with Gasteiger partial charge >= 0.3 is 11.9 Å². The van der Waals surface area contributed by atoms with Crippen LogP contribution in [0.15, 0.2) is 12.2 Å². The van der Waals surface area contributed by atoms with Crippen LogP contribution in [0.1, 0.15) is 126 Å². The molecule has 0 radical (unpaired) electrons. The van der Waals surface area contributed by atoms with Crippen LogP contribution in [0, 0.1) is 62.6 Å². The Labute approximate surface area is 244 Å². The van der Waals surface area contributed by atoms with Crippen LogP contribution in [0.25, 0.3) is 0 Å². The number of hydrogen-bond acceptors (Lipinski definition) is 4. The van der Waals surface area contributed by atoms with E-state index in [2.05, 4.69) is 48.1 Å². The predicted octanol–water partition coefficient (Wildman–Crippen LogP) is 8.77. The van der Waals surface area contributed by atoms with Crippen LogP contribution in [-0.4, -0.2) is 25.2 Å². The van der Waals surface area contributed by atoms with E-state index in [-0.39, 0.29) is 35.3 Å². The smallest absolute Gasteiger partial charge is 0.311 e. The van der Waals surface area contributed by atoms with Crippen LogP contribution in [-0.2, 0) is 19.1 Å². The van der Waals surface area contributed by atoms with Crippen molar-refractivity contribution in [3.63, 3.8) is 0 Å². The van der Waals surface area contributed by atoms with Crippen LogP contribution in [0.3, 0.4) is 0 Å². The Kier molecular flexibility index (Phi) is 7.44. The maximum atomic E-state index is 13.1. The molecule has 0 aromatic rings. The number of carbonyl (C=O) groups is 2. The molecule has 5 aliphatic rings. The lowest BCUT2D eigenvalue weighted by Gasteiger charge is -2.72. The molecule has 0 N–H and O–H groups in total. The molecule has 226 valence electrons. The molecule has 5 fully saturated rings. The average molecular weight is 555 g/mol. The first-order valence-corrected chi connectivity index (χ1v) is 16.5. The van der Waals surface area contributed by atoms with Gasteiger partial charge in [-0.3, -0.25) is 9.59 Å². The fourth-order valence-corrected chi connectivity index (χ4v) is 12.3. The predicted molar refractivity (Wildman–Crippen MR) is 160 cm³/mol. The van der Waals surface area contributed by atoms with Gasteiger partial charge in [0.25, 0.3) is 0 Å².